The Balaban J connectivity index is 2.12. The second-order valence-corrected chi connectivity index (χ2v) is 3.50. The minimum atomic E-state index is -0.281. The van der Waals surface area contributed by atoms with Crippen LogP contribution in [0, 0.1) is 5.82 Å². The molecule has 0 amide bonds. The van der Waals surface area contributed by atoms with Crippen LogP contribution in [-0.2, 0) is 0 Å². The van der Waals surface area contributed by atoms with Crippen LogP contribution in [-0.4, -0.2) is 11.5 Å². The maximum absolute atomic E-state index is 12.7. The van der Waals surface area contributed by atoms with Gasteiger partial charge in [0.25, 0.3) is 0 Å². The Hall–Kier alpha value is -2.10. The van der Waals surface area contributed by atoms with Crippen LogP contribution in [0.3, 0.4) is 0 Å². The van der Waals surface area contributed by atoms with Crippen molar-refractivity contribution in [3.63, 3.8) is 0 Å². The number of anilines is 1. The fourth-order valence-electron chi connectivity index (χ4n) is 1.41. The van der Waals surface area contributed by atoms with E-state index in [2.05, 4.69) is 10.3 Å². The summed E-state index contributed by atoms with van der Waals surface area (Å²) in [6, 6.07) is 7.72. The maximum atomic E-state index is 12.7. The van der Waals surface area contributed by atoms with Crippen molar-refractivity contribution in [3.05, 3.63) is 48.5 Å². The van der Waals surface area contributed by atoms with Gasteiger partial charge >= 0.3 is 0 Å². The van der Waals surface area contributed by atoms with E-state index in [0.29, 0.717) is 11.5 Å². The Morgan fingerprint density at radius 1 is 1.18 bits per heavy atom. The highest BCUT2D eigenvalue weighted by Gasteiger charge is 1.99. The molecule has 0 aliphatic rings. The molecule has 1 aromatic heterocycles. The van der Waals surface area contributed by atoms with Gasteiger partial charge in [-0.3, -0.25) is 4.98 Å². The molecule has 0 atom stereocenters. The van der Waals surface area contributed by atoms with Crippen LogP contribution < -0.4 is 10.1 Å². The Morgan fingerprint density at radius 2 is 1.94 bits per heavy atom. The van der Waals surface area contributed by atoms with Gasteiger partial charge in [-0.1, -0.05) is 0 Å². The molecule has 0 spiro atoms. The normalized spacial score (nSPS) is 10.0. The fraction of sp³-hybridized carbons (Fsp3) is 0.154. The first-order valence-corrected chi connectivity index (χ1v) is 5.40. The Morgan fingerprint density at radius 3 is 2.65 bits per heavy atom. The number of ether oxygens (including phenoxy) is 1. The molecule has 0 aliphatic carbocycles. The highest BCUT2D eigenvalue weighted by molar-refractivity contribution is 5.46. The van der Waals surface area contributed by atoms with Gasteiger partial charge in [0.1, 0.15) is 17.3 Å². The van der Waals surface area contributed by atoms with Crippen molar-refractivity contribution in [1.82, 2.24) is 4.98 Å². The number of hydrogen-bond acceptors (Lipinski definition) is 3. The lowest BCUT2D eigenvalue weighted by Crippen LogP contribution is -1.97. The molecule has 0 aliphatic heterocycles. The molecule has 0 saturated heterocycles. The summed E-state index contributed by atoms with van der Waals surface area (Å²) < 4.78 is 18.3. The average Bonchev–Trinajstić information content (AvgIpc) is 2.33. The molecule has 0 fully saturated rings. The van der Waals surface area contributed by atoms with Crippen LogP contribution in [0.4, 0.5) is 10.1 Å². The summed E-state index contributed by atoms with van der Waals surface area (Å²) in [4.78, 5) is 4.06. The van der Waals surface area contributed by atoms with E-state index in [1.54, 1.807) is 24.5 Å². The van der Waals surface area contributed by atoms with E-state index >= 15 is 0 Å². The standard InChI is InChI=1S/C13H13FN2O/c1-2-16-11-7-13(9-15-8-11)17-12-5-3-10(14)4-6-12/h3-9,16H,2H2,1H3. The predicted molar refractivity (Wildman–Crippen MR) is 64.9 cm³/mol. The molecule has 1 heterocycles. The third-order valence-corrected chi connectivity index (χ3v) is 2.14. The van der Waals surface area contributed by atoms with Crippen LogP contribution in [0.15, 0.2) is 42.7 Å². The van der Waals surface area contributed by atoms with Crippen molar-refractivity contribution in [2.24, 2.45) is 0 Å². The van der Waals surface area contributed by atoms with Gasteiger partial charge in [-0.25, -0.2) is 4.39 Å². The highest BCUT2D eigenvalue weighted by Crippen LogP contribution is 2.22. The molecule has 0 unspecified atom stereocenters. The lowest BCUT2D eigenvalue weighted by molar-refractivity contribution is 0.478. The summed E-state index contributed by atoms with van der Waals surface area (Å²) in [5, 5.41) is 3.14. The molecule has 3 nitrogen and oxygen atoms in total. The number of nitrogens with zero attached hydrogens (tertiary/aromatic N) is 1. The van der Waals surface area contributed by atoms with Gasteiger partial charge < -0.3 is 10.1 Å². The monoisotopic (exact) mass is 232 g/mol. The van der Waals surface area contributed by atoms with Gasteiger partial charge in [0.05, 0.1) is 18.1 Å². The largest absolute Gasteiger partial charge is 0.456 e. The number of benzene rings is 1. The van der Waals surface area contributed by atoms with Crippen LogP contribution in [0.2, 0.25) is 0 Å². The second kappa shape index (κ2) is 5.30. The summed E-state index contributed by atoms with van der Waals surface area (Å²) in [5.74, 6) is 0.925. The lowest BCUT2D eigenvalue weighted by Gasteiger charge is -2.07. The second-order valence-electron chi connectivity index (χ2n) is 3.50. The number of nitrogens with one attached hydrogen (secondary N) is 1. The number of rotatable bonds is 4. The first-order chi connectivity index (χ1) is 8.28. The molecule has 0 radical (unpaired) electrons. The molecule has 17 heavy (non-hydrogen) atoms. The first-order valence-electron chi connectivity index (χ1n) is 5.40. The molecule has 1 N–H and O–H groups in total. The Kier molecular flexibility index (Phi) is 3.55. The van der Waals surface area contributed by atoms with E-state index in [1.165, 1.54) is 12.1 Å². The van der Waals surface area contributed by atoms with E-state index in [-0.39, 0.29) is 5.82 Å². The molecule has 0 saturated carbocycles. The molecule has 88 valence electrons. The molecular weight excluding hydrogens is 219 g/mol. The zero-order valence-corrected chi connectivity index (χ0v) is 9.48. The summed E-state index contributed by atoms with van der Waals surface area (Å²) in [7, 11) is 0. The van der Waals surface area contributed by atoms with Gasteiger partial charge in [-0.15, -0.1) is 0 Å². The lowest BCUT2D eigenvalue weighted by atomic mass is 10.3. The molecule has 1 aromatic carbocycles. The van der Waals surface area contributed by atoms with E-state index in [4.69, 9.17) is 4.74 Å². The Bertz CT molecular complexity index is 485. The predicted octanol–water partition coefficient (Wildman–Crippen LogP) is 3.44. The van der Waals surface area contributed by atoms with Crippen molar-refractivity contribution in [1.29, 1.82) is 0 Å². The van der Waals surface area contributed by atoms with E-state index in [0.717, 1.165) is 12.2 Å². The van der Waals surface area contributed by atoms with Crippen molar-refractivity contribution in [2.75, 3.05) is 11.9 Å². The quantitative estimate of drug-likeness (QED) is 0.876. The van der Waals surface area contributed by atoms with Crippen molar-refractivity contribution in [3.8, 4) is 11.5 Å². The van der Waals surface area contributed by atoms with Gasteiger partial charge in [0, 0.05) is 12.6 Å². The van der Waals surface area contributed by atoms with Crippen molar-refractivity contribution >= 4 is 5.69 Å². The molecule has 2 rings (SSSR count). The molecular formula is C13H13FN2O. The van der Waals surface area contributed by atoms with Crippen LogP contribution in [0.5, 0.6) is 11.5 Å². The molecule has 2 aromatic rings. The third-order valence-electron chi connectivity index (χ3n) is 2.14. The van der Waals surface area contributed by atoms with E-state index < -0.39 is 0 Å². The highest BCUT2D eigenvalue weighted by atomic mass is 19.1. The number of halogens is 1. The fourth-order valence-corrected chi connectivity index (χ4v) is 1.41. The minimum Gasteiger partial charge on any atom is -0.456 e. The van der Waals surface area contributed by atoms with E-state index in [1.807, 2.05) is 13.0 Å². The van der Waals surface area contributed by atoms with Crippen LogP contribution in [0.25, 0.3) is 0 Å². The number of hydrogen-bond donors (Lipinski definition) is 1. The van der Waals surface area contributed by atoms with E-state index in [9.17, 15) is 4.39 Å². The summed E-state index contributed by atoms with van der Waals surface area (Å²) in [6.45, 7) is 2.83. The van der Waals surface area contributed by atoms with Crippen LogP contribution >= 0.6 is 0 Å². The number of aromatic nitrogens is 1. The van der Waals surface area contributed by atoms with Gasteiger partial charge in [-0.2, -0.15) is 0 Å². The third kappa shape index (κ3) is 3.17. The van der Waals surface area contributed by atoms with Gasteiger partial charge in [0.15, 0.2) is 0 Å². The number of pyridine rings is 1. The molecule has 0 bridgehead atoms. The van der Waals surface area contributed by atoms with Gasteiger partial charge in [-0.05, 0) is 31.2 Å². The summed E-state index contributed by atoms with van der Waals surface area (Å²) in [6.07, 6.45) is 3.34. The average molecular weight is 232 g/mol. The van der Waals surface area contributed by atoms with Crippen molar-refractivity contribution in [2.45, 2.75) is 6.92 Å². The van der Waals surface area contributed by atoms with Crippen LogP contribution in [0.1, 0.15) is 6.92 Å². The minimum absolute atomic E-state index is 0.281. The zero-order valence-electron chi connectivity index (χ0n) is 9.48. The van der Waals surface area contributed by atoms with Gasteiger partial charge in [0.2, 0.25) is 0 Å². The summed E-state index contributed by atoms with van der Waals surface area (Å²) in [5.41, 5.74) is 0.895. The topological polar surface area (TPSA) is 34.2 Å². The zero-order chi connectivity index (χ0) is 12.1. The first kappa shape index (κ1) is 11.4. The molecule has 4 heteroatoms. The van der Waals surface area contributed by atoms with Crippen molar-refractivity contribution < 1.29 is 9.13 Å². The SMILES string of the molecule is CCNc1cncc(Oc2ccc(F)cc2)c1. The summed E-state index contributed by atoms with van der Waals surface area (Å²) >= 11 is 0. The Labute approximate surface area is 99.3 Å². The smallest absolute Gasteiger partial charge is 0.147 e. The maximum Gasteiger partial charge on any atom is 0.147 e.